The van der Waals surface area contributed by atoms with Crippen LogP contribution in [-0.4, -0.2) is 13.6 Å². The van der Waals surface area contributed by atoms with Crippen molar-refractivity contribution < 1.29 is 0 Å². The fourth-order valence-corrected chi connectivity index (χ4v) is 0.405. The summed E-state index contributed by atoms with van der Waals surface area (Å²) in [4.78, 5) is 0. The topological polar surface area (TPSA) is 12.0 Å². The van der Waals surface area contributed by atoms with E-state index in [0.29, 0.717) is 5.92 Å². The van der Waals surface area contributed by atoms with Gasteiger partial charge in [0.15, 0.2) is 0 Å². The van der Waals surface area contributed by atoms with Crippen molar-refractivity contribution in [3.63, 3.8) is 0 Å². The summed E-state index contributed by atoms with van der Waals surface area (Å²) in [5.41, 5.74) is 0. The van der Waals surface area contributed by atoms with Crippen LogP contribution in [0.25, 0.3) is 0 Å². The third kappa shape index (κ3) is 3.53. The van der Waals surface area contributed by atoms with E-state index in [1.165, 1.54) is 0 Å². The molecule has 1 N–H and O–H groups in total. The van der Waals surface area contributed by atoms with Gasteiger partial charge in [0.05, 0.1) is 0 Å². The molecule has 0 saturated heterocycles. The van der Waals surface area contributed by atoms with Crippen molar-refractivity contribution in [1.82, 2.24) is 5.32 Å². The Labute approximate surface area is 45.4 Å². The zero-order valence-electron chi connectivity index (χ0n) is 5.07. The average molecular weight is 99.2 g/mol. The Morgan fingerprint density at radius 2 is 2.43 bits per heavy atom. The lowest BCUT2D eigenvalue weighted by Crippen LogP contribution is -2.13. The highest BCUT2D eigenvalue weighted by atomic mass is 14.8. The molecular formula is C6H13N. The lowest BCUT2D eigenvalue weighted by molar-refractivity contribution is 0.651. The van der Waals surface area contributed by atoms with Crippen LogP contribution in [0.4, 0.5) is 0 Å². The minimum Gasteiger partial charge on any atom is -0.319 e. The van der Waals surface area contributed by atoms with Gasteiger partial charge < -0.3 is 5.32 Å². The fourth-order valence-electron chi connectivity index (χ4n) is 0.405. The van der Waals surface area contributed by atoms with Gasteiger partial charge in [0, 0.05) is 6.54 Å². The molecule has 0 saturated carbocycles. The molecule has 0 aromatic carbocycles. The van der Waals surface area contributed by atoms with Crippen molar-refractivity contribution in [1.29, 1.82) is 0 Å². The van der Waals surface area contributed by atoms with Gasteiger partial charge in [0.2, 0.25) is 0 Å². The van der Waals surface area contributed by atoms with Gasteiger partial charge in [0.25, 0.3) is 0 Å². The summed E-state index contributed by atoms with van der Waals surface area (Å²) < 4.78 is 0. The van der Waals surface area contributed by atoms with E-state index in [2.05, 4.69) is 18.8 Å². The average Bonchev–Trinajstić information content (AvgIpc) is 1.68. The summed E-state index contributed by atoms with van der Waals surface area (Å²) in [5, 5.41) is 3.05. The highest BCUT2D eigenvalue weighted by molar-refractivity contribution is 4.75. The molecule has 1 heteroatoms. The van der Waals surface area contributed by atoms with Gasteiger partial charge in [-0.15, -0.1) is 6.58 Å². The quantitative estimate of drug-likeness (QED) is 0.521. The van der Waals surface area contributed by atoms with Crippen LogP contribution in [0.3, 0.4) is 0 Å². The van der Waals surface area contributed by atoms with E-state index in [9.17, 15) is 0 Å². The van der Waals surface area contributed by atoms with Crippen LogP contribution in [0.15, 0.2) is 12.7 Å². The minimum absolute atomic E-state index is 0.602. The van der Waals surface area contributed by atoms with Crippen molar-refractivity contribution in [3.05, 3.63) is 12.7 Å². The van der Waals surface area contributed by atoms with Crippen LogP contribution < -0.4 is 5.32 Å². The van der Waals surface area contributed by atoms with E-state index < -0.39 is 0 Å². The maximum atomic E-state index is 3.64. The van der Waals surface area contributed by atoms with Crippen molar-refractivity contribution in [2.75, 3.05) is 13.6 Å². The molecule has 0 aliphatic rings. The predicted octanol–water partition coefficient (Wildman–Crippen LogP) is 1.03. The highest BCUT2D eigenvalue weighted by Crippen LogP contribution is 1.89. The standard InChI is InChI=1S/C6H13N/c1-4-6(2)5-7-3/h4,6-7H,1,5H2,2-3H3/t6-/m1/s1. The molecule has 0 aliphatic carbocycles. The van der Waals surface area contributed by atoms with E-state index in [4.69, 9.17) is 0 Å². The van der Waals surface area contributed by atoms with E-state index in [0.717, 1.165) is 6.54 Å². The molecule has 42 valence electrons. The van der Waals surface area contributed by atoms with Crippen molar-refractivity contribution in [2.45, 2.75) is 6.92 Å². The van der Waals surface area contributed by atoms with Gasteiger partial charge in [0.1, 0.15) is 0 Å². The Bertz CT molecular complexity index is 50.1. The first-order valence-electron chi connectivity index (χ1n) is 2.58. The molecular weight excluding hydrogens is 86.1 g/mol. The second-order valence-electron chi connectivity index (χ2n) is 1.77. The van der Waals surface area contributed by atoms with E-state index in [-0.39, 0.29) is 0 Å². The third-order valence-electron chi connectivity index (χ3n) is 0.928. The third-order valence-corrected chi connectivity index (χ3v) is 0.928. The molecule has 0 aromatic rings. The number of hydrogen-bond acceptors (Lipinski definition) is 1. The van der Waals surface area contributed by atoms with Gasteiger partial charge >= 0.3 is 0 Å². The van der Waals surface area contributed by atoms with E-state index in [1.807, 2.05) is 13.1 Å². The molecule has 1 nitrogen and oxygen atoms in total. The Kier molecular flexibility index (Phi) is 3.71. The molecule has 0 bridgehead atoms. The summed E-state index contributed by atoms with van der Waals surface area (Å²) in [6, 6.07) is 0. The lowest BCUT2D eigenvalue weighted by atomic mass is 10.2. The molecule has 0 aliphatic heterocycles. The zero-order chi connectivity index (χ0) is 5.70. The summed E-state index contributed by atoms with van der Waals surface area (Å²) in [7, 11) is 1.94. The summed E-state index contributed by atoms with van der Waals surface area (Å²) in [6.45, 7) is 6.80. The Balaban J connectivity index is 2.98. The Morgan fingerprint density at radius 1 is 1.86 bits per heavy atom. The van der Waals surface area contributed by atoms with Crippen LogP contribution >= 0.6 is 0 Å². The van der Waals surface area contributed by atoms with Crippen molar-refractivity contribution >= 4 is 0 Å². The van der Waals surface area contributed by atoms with E-state index in [1.54, 1.807) is 0 Å². The SMILES string of the molecule is C=C[C@@H](C)CNC. The molecule has 0 heterocycles. The van der Waals surface area contributed by atoms with Crippen LogP contribution in [0.2, 0.25) is 0 Å². The normalized spacial score (nSPS) is 13.4. The van der Waals surface area contributed by atoms with Crippen molar-refractivity contribution in [3.8, 4) is 0 Å². The molecule has 0 spiro atoms. The highest BCUT2D eigenvalue weighted by Gasteiger charge is 1.88. The molecule has 0 aromatic heterocycles. The van der Waals surface area contributed by atoms with Gasteiger partial charge in [-0.2, -0.15) is 0 Å². The largest absolute Gasteiger partial charge is 0.319 e. The Morgan fingerprint density at radius 3 is 2.57 bits per heavy atom. The summed E-state index contributed by atoms with van der Waals surface area (Å²) in [5.74, 6) is 0.602. The molecule has 0 fully saturated rings. The molecule has 1 atom stereocenters. The second-order valence-corrected chi connectivity index (χ2v) is 1.77. The minimum atomic E-state index is 0.602. The first-order valence-corrected chi connectivity index (χ1v) is 2.58. The van der Waals surface area contributed by atoms with Crippen LogP contribution in [0.1, 0.15) is 6.92 Å². The lowest BCUT2D eigenvalue weighted by Gasteiger charge is -2.00. The van der Waals surface area contributed by atoms with Crippen LogP contribution in [0, 0.1) is 5.92 Å². The maximum Gasteiger partial charge on any atom is 0.000840 e. The smallest absolute Gasteiger partial charge is 0.000840 e. The van der Waals surface area contributed by atoms with Crippen LogP contribution in [-0.2, 0) is 0 Å². The Hall–Kier alpha value is -0.300. The fraction of sp³-hybridized carbons (Fsp3) is 0.667. The van der Waals surface area contributed by atoms with Gasteiger partial charge in [-0.3, -0.25) is 0 Å². The zero-order valence-corrected chi connectivity index (χ0v) is 5.07. The van der Waals surface area contributed by atoms with Crippen LogP contribution in [0.5, 0.6) is 0 Å². The van der Waals surface area contributed by atoms with Gasteiger partial charge in [-0.1, -0.05) is 13.0 Å². The first kappa shape index (κ1) is 6.70. The molecule has 0 rings (SSSR count). The molecule has 0 radical (unpaired) electrons. The second kappa shape index (κ2) is 3.88. The molecule has 0 amide bonds. The summed E-state index contributed by atoms with van der Waals surface area (Å²) >= 11 is 0. The molecule has 7 heavy (non-hydrogen) atoms. The maximum absolute atomic E-state index is 3.64. The number of nitrogens with one attached hydrogen (secondary N) is 1. The van der Waals surface area contributed by atoms with Crippen molar-refractivity contribution in [2.24, 2.45) is 5.92 Å². The van der Waals surface area contributed by atoms with Gasteiger partial charge in [-0.05, 0) is 13.0 Å². The first-order chi connectivity index (χ1) is 3.31. The van der Waals surface area contributed by atoms with Gasteiger partial charge in [-0.25, -0.2) is 0 Å². The van der Waals surface area contributed by atoms with E-state index >= 15 is 0 Å². The number of hydrogen-bond donors (Lipinski definition) is 1. The molecule has 0 unspecified atom stereocenters. The predicted molar refractivity (Wildman–Crippen MR) is 33.3 cm³/mol. The summed E-state index contributed by atoms with van der Waals surface area (Å²) in [6.07, 6.45) is 1.94. The monoisotopic (exact) mass is 99.1 g/mol. The number of rotatable bonds is 3.